The molecule has 1 aliphatic rings. The molecule has 6 heteroatoms. The van der Waals surface area contributed by atoms with E-state index in [1.165, 1.54) is 11.3 Å². The zero-order valence-electron chi connectivity index (χ0n) is 15.1. The number of nitrogens with zero attached hydrogens (tertiary/aromatic N) is 5. The van der Waals surface area contributed by atoms with Gasteiger partial charge in [-0.15, -0.1) is 0 Å². The van der Waals surface area contributed by atoms with Crippen molar-refractivity contribution in [1.82, 2.24) is 24.5 Å². The molecule has 0 aliphatic carbocycles. The molecule has 0 unspecified atom stereocenters. The predicted octanol–water partition coefficient (Wildman–Crippen LogP) is 2.15. The Morgan fingerprint density at radius 1 is 1.15 bits per heavy atom. The van der Waals surface area contributed by atoms with Crippen LogP contribution in [0.25, 0.3) is 0 Å². The van der Waals surface area contributed by atoms with Gasteiger partial charge in [-0.2, -0.15) is 10.2 Å². The molecule has 0 amide bonds. The van der Waals surface area contributed by atoms with Crippen LogP contribution in [-0.2, 0) is 26.6 Å². The summed E-state index contributed by atoms with van der Waals surface area (Å²) in [6.07, 6.45) is 3.09. The lowest BCUT2D eigenvalue weighted by Gasteiger charge is -2.19. The fourth-order valence-corrected chi connectivity index (χ4v) is 3.61. The molecule has 26 heavy (non-hydrogen) atoms. The largest absolute Gasteiger partial charge is 0.380 e. The maximum Gasteiger partial charge on any atom is 0.139 e. The molecule has 3 aromatic rings. The Balaban J connectivity index is 1.46. The van der Waals surface area contributed by atoms with Gasteiger partial charge in [-0.3, -0.25) is 14.3 Å². The van der Waals surface area contributed by atoms with Crippen molar-refractivity contribution in [2.45, 2.75) is 32.0 Å². The van der Waals surface area contributed by atoms with Crippen LogP contribution in [0.1, 0.15) is 35.2 Å². The average molecular weight is 351 g/mol. The first-order chi connectivity index (χ1) is 12.7. The second-order valence-corrected chi connectivity index (χ2v) is 6.93. The summed E-state index contributed by atoms with van der Waals surface area (Å²) in [5, 5.41) is 19.4. The third-order valence-electron chi connectivity index (χ3n) is 5.09. The molecule has 0 saturated heterocycles. The maximum atomic E-state index is 10.6. The molecule has 0 fully saturated rings. The molecule has 2 aromatic heterocycles. The third kappa shape index (κ3) is 3.57. The van der Waals surface area contributed by atoms with Gasteiger partial charge >= 0.3 is 0 Å². The fourth-order valence-electron chi connectivity index (χ4n) is 3.61. The molecule has 1 aromatic carbocycles. The molecule has 1 atom stereocenters. The number of aliphatic hydroxyl groups excluding tert-OH is 1. The quantitative estimate of drug-likeness (QED) is 0.765. The first-order valence-electron chi connectivity index (χ1n) is 9.19. The Bertz CT molecular complexity index is 854. The van der Waals surface area contributed by atoms with Crippen molar-refractivity contribution in [3.8, 4) is 0 Å². The highest BCUT2D eigenvalue weighted by atomic mass is 16.3. The van der Waals surface area contributed by atoms with E-state index in [1.807, 2.05) is 19.2 Å². The van der Waals surface area contributed by atoms with Gasteiger partial charge in [0.1, 0.15) is 6.10 Å². The zero-order valence-corrected chi connectivity index (χ0v) is 15.1. The van der Waals surface area contributed by atoms with E-state index in [1.54, 1.807) is 10.9 Å². The Hall–Kier alpha value is -2.44. The van der Waals surface area contributed by atoms with Crippen LogP contribution in [0, 0.1) is 0 Å². The molecule has 0 bridgehead atoms. The van der Waals surface area contributed by atoms with Crippen molar-refractivity contribution in [1.29, 1.82) is 0 Å². The molecule has 3 heterocycles. The van der Waals surface area contributed by atoms with Crippen LogP contribution in [0.5, 0.6) is 0 Å². The minimum Gasteiger partial charge on any atom is -0.380 e. The van der Waals surface area contributed by atoms with Crippen LogP contribution >= 0.6 is 0 Å². The molecule has 0 spiro atoms. The highest BCUT2D eigenvalue weighted by Gasteiger charge is 2.22. The number of aromatic nitrogens is 4. The summed E-state index contributed by atoms with van der Waals surface area (Å²) in [4.78, 5) is 2.48. The summed E-state index contributed by atoms with van der Waals surface area (Å²) < 4.78 is 3.75. The molecule has 1 aliphatic heterocycles. The topological polar surface area (TPSA) is 59.1 Å². The van der Waals surface area contributed by atoms with Crippen LogP contribution in [0.3, 0.4) is 0 Å². The molecule has 0 radical (unpaired) electrons. The van der Waals surface area contributed by atoms with Crippen LogP contribution in [-0.4, -0.2) is 42.7 Å². The standard InChI is InChI=1S/C20H25N5O/c1-23-19(8-10-21-23)20(26)18-14-17-15-24(11-5-12-25(17)22-18)13-9-16-6-3-2-4-7-16/h2-4,6-8,10,14,20,26H,5,9,11-13,15H2,1H3/t20-/m1/s1. The Morgan fingerprint density at radius 3 is 2.77 bits per heavy atom. The number of fused-ring (bicyclic) bond motifs is 1. The van der Waals surface area contributed by atoms with Gasteiger partial charge in [0.15, 0.2) is 0 Å². The molecule has 1 N–H and O–H groups in total. The second-order valence-electron chi connectivity index (χ2n) is 6.93. The number of aryl methyl sites for hydroxylation is 2. The number of aliphatic hydroxyl groups is 1. The minimum atomic E-state index is -0.736. The smallest absolute Gasteiger partial charge is 0.139 e. The van der Waals surface area contributed by atoms with Crippen molar-refractivity contribution in [3.05, 3.63) is 71.3 Å². The number of hydrogen-bond donors (Lipinski definition) is 1. The second kappa shape index (κ2) is 7.43. The number of rotatable bonds is 5. The summed E-state index contributed by atoms with van der Waals surface area (Å²) in [5.41, 5.74) is 4.01. The highest BCUT2D eigenvalue weighted by molar-refractivity contribution is 5.22. The van der Waals surface area contributed by atoms with E-state index in [9.17, 15) is 5.11 Å². The SMILES string of the molecule is Cn1nccc1[C@H](O)c1cc2n(n1)CCCN(CCc1ccccc1)C2. The van der Waals surface area contributed by atoms with Gasteiger partial charge in [0.25, 0.3) is 0 Å². The van der Waals surface area contributed by atoms with E-state index < -0.39 is 6.10 Å². The molecule has 0 saturated carbocycles. The monoisotopic (exact) mass is 351 g/mol. The zero-order chi connectivity index (χ0) is 17.9. The van der Waals surface area contributed by atoms with E-state index in [2.05, 4.69) is 50.1 Å². The Labute approximate surface area is 153 Å². The molecular weight excluding hydrogens is 326 g/mol. The van der Waals surface area contributed by atoms with Crippen LogP contribution in [0.4, 0.5) is 0 Å². The lowest BCUT2D eigenvalue weighted by Crippen LogP contribution is -2.25. The minimum absolute atomic E-state index is 0.702. The van der Waals surface area contributed by atoms with Crippen LogP contribution in [0.15, 0.2) is 48.7 Å². The predicted molar refractivity (Wildman–Crippen MR) is 99.5 cm³/mol. The van der Waals surface area contributed by atoms with Crippen LogP contribution < -0.4 is 0 Å². The maximum absolute atomic E-state index is 10.6. The van der Waals surface area contributed by atoms with E-state index in [-0.39, 0.29) is 0 Å². The first-order valence-corrected chi connectivity index (χ1v) is 9.19. The van der Waals surface area contributed by atoms with Crippen molar-refractivity contribution < 1.29 is 5.11 Å². The lowest BCUT2D eigenvalue weighted by atomic mass is 10.1. The van der Waals surface area contributed by atoms with Gasteiger partial charge in [-0.05, 0) is 30.5 Å². The van der Waals surface area contributed by atoms with Crippen molar-refractivity contribution >= 4 is 0 Å². The van der Waals surface area contributed by atoms with Gasteiger partial charge in [0, 0.05) is 39.4 Å². The molecular formula is C20H25N5O. The molecule has 6 nitrogen and oxygen atoms in total. The molecule has 4 rings (SSSR count). The summed E-state index contributed by atoms with van der Waals surface area (Å²) >= 11 is 0. The van der Waals surface area contributed by atoms with E-state index in [0.717, 1.165) is 44.7 Å². The van der Waals surface area contributed by atoms with Gasteiger partial charge in [0.05, 0.1) is 17.1 Å². The van der Waals surface area contributed by atoms with Gasteiger partial charge < -0.3 is 5.11 Å². The number of benzene rings is 1. The van der Waals surface area contributed by atoms with Crippen molar-refractivity contribution in [2.24, 2.45) is 7.05 Å². The Morgan fingerprint density at radius 2 is 2.00 bits per heavy atom. The van der Waals surface area contributed by atoms with Gasteiger partial charge in [-0.25, -0.2) is 0 Å². The lowest BCUT2D eigenvalue weighted by molar-refractivity contribution is 0.203. The molecule has 136 valence electrons. The summed E-state index contributed by atoms with van der Waals surface area (Å²) in [5.74, 6) is 0. The van der Waals surface area contributed by atoms with Gasteiger partial charge in [0.2, 0.25) is 0 Å². The first kappa shape index (κ1) is 17.0. The van der Waals surface area contributed by atoms with Crippen molar-refractivity contribution in [3.63, 3.8) is 0 Å². The van der Waals surface area contributed by atoms with E-state index in [4.69, 9.17) is 0 Å². The van der Waals surface area contributed by atoms with Gasteiger partial charge in [-0.1, -0.05) is 30.3 Å². The fraction of sp³-hybridized carbons (Fsp3) is 0.400. The Kier molecular flexibility index (Phi) is 4.86. The summed E-state index contributed by atoms with van der Waals surface area (Å²) in [6, 6.07) is 14.5. The normalized spacial score (nSPS) is 16.2. The van der Waals surface area contributed by atoms with Crippen molar-refractivity contribution in [2.75, 3.05) is 13.1 Å². The van der Waals surface area contributed by atoms with E-state index >= 15 is 0 Å². The summed E-state index contributed by atoms with van der Waals surface area (Å²) in [6.45, 7) is 3.89. The highest BCUT2D eigenvalue weighted by Crippen LogP contribution is 2.23. The average Bonchev–Trinajstić information content (AvgIpc) is 3.21. The third-order valence-corrected chi connectivity index (χ3v) is 5.09. The summed E-state index contributed by atoms with van der Waals surface area (Å²) in [7, 11) is 1.84. The van der Waals surface area contributed by atoms with E-state index in [0.29, 0.717) is 5.69 Å². The number of hydrogen-bond acceptors (Lipinski definition) is 4. The van der Waals surface area contributed by atoms with Crippen LogP contribution in [0.2, 0.25) is 0 Å².